The Morgan fingerprint density at radius 1 is 0.375 bits per heavy atom. The van der Waals surface area contributed by atoms with Gasteiger partial charge in [0.05, 0.1) is 0 Å². The Bertz CT molecular complexity index is 647. The molecule has 0 saturated heterocycles. The zero-order valence-corrected chi connectivity index (χ0v) is 16.4. The molecule has 0 aliphatic carbocycles. The van der Waals surface area contributed by atoms with Gasteiger partial charge in [-0.25, -0.2) is 0 Å². The fraction of sp³-hybridized carbons (Fsp3) is 0.100. The van der Waals surface area contributed by atoms with Crippen LogP contribution in [0.25, 0.3) is 0 Å². The molecule has 0 aromatic heterocycles. The Morgan fingerprint density at radius 2 is 0.667 bits per heavy atom. The third-order valence-electron chi connectivity index (χ3n) is 3.21. The summed E-state index contributed by atoms with van der Waals surface area (Å²) in [5.74, 6) is 0. The molecule has 0 bridgehead atoms. The highest BCUT2D eigenvalue weighted by atomic mass is 32.2. The minimum atomic E-state index is 1.04. The molecule has 0 radical (unpaired) electrons. The van der Waals surface area contributed by atoms with E-state index in [9.17, 15) is 0 Å². The van der Waals surface area contributed by atoms with Gasteiger partial charge in [0.1, 0.15) is 0 Å². The van der Waals surface area contributed by atoms with Gasteiger partial charge in [0, 0.05) is 29.8 Å². The first-order valence-corrected chi connectivity index (χ1v) is 11.6. The van der Waals surface area contributed by atoms with Crippen molar-refractivity contribution in [2.24, 2.45) is 0 Å². The molecule has 0 saturated carbocycles. The number of hydrogen-bond acceptors (Lipinski definition) is 4. The molecule has 0 amide bonds. The van der Waals surface area contributed by atoms with Crippen molar-refractivity contribution in [2.45, 2.75) is 19.6 Å². The maximum atomic E-state index is 2.23. The maximum absolute atomic E-state index is 2.23. The van der Waals surface area contributed by atoms with Crippen LogP contribution in [0.15, 0.2) is 105 Å². The molecule has 0 heterocycles. The molecule has 3 aromatic rings. The molecule has 122 valence electrons. The lowest BCUT2D eigenvalue weighted by Gasteiger charge is -2.05. The van der Waals surface area contributed by atoms with Crippen molar-refractivity contribution < 1.29 is 0 Å². The molecule has 0 nitrogen and oxygen atoms in total. The van der Waals surface area contributed by atoms with Gasteiger partial charge >= 0.3 is 0 Å². The van der Waals surface area contributed by atoms with E-state index < -0.39 is 0 Å². The van der Waals surface area contributed by atoms with E-state index in [0.717, 1.165) is 10.2 Å². The van der Waals surface area contributed by atoms with Crippen molar-refractivity contribution in [2.75, 3.05) is 10.2 Å². The molecule has 0 spiro atoms. The fourth-order valence-corrected chi connectivity index (χ4v) is 6.00. The van der Waals surface area contributed by atoms with Crippen molar-refractivity contribution in [3.8, 4) is 0 Å². The highest BCUT2D eigenvalue weighted by molar-refractivity contribution is 8.16. The van der Waals surface area contributed by atoms with Crippen LogP contribution in [0.5, 0.6) is 0 Å². The van der Waals surface area contributed by atoms with Crippen LogP contribution in [0.3, 0.4) is 0 Å². The average molecular weight is 387 g/mol. The third kappa shape index (κ3) is 6.17. The van der Waals surface area contributed by atoms with Crippen LogP contribution in [0, 0.1) is 0 Å². The van der Waals surface area contributed by atoms with Crippen molar-refractivity contribution in [1.29, 1.82) is 0 Å². The Hall–Kier alpha value is -0.940. The SMILES string of the molecule is c1ccc(SCSc2ccc(SCSc3ccccc3)cc2)cc1. The summed E-state index contributed by atoms with van der Waals surface area (Å²) >= 11 is 7.56. The molecule has 0 atom stereocenters. The lowest BCUT2D eigenvalue weighted by Crippen LogP contribution is -1.78. The van der Waals surface area contributed by atoms with E-state index in [1.165, 1.54) is 19.6 Å². The zero-order chi connectivity index (χ0) is 16.5. The summed E-state index contributed by atoms with van der Waals surface area (Å²) in [4.78, 5) is 5.32. The van der Waals surface area contributed by atoms with Crippen molar-refractivity contribution in [1.82, 2.24) is 0 Å². The topological polar surface area (TPSA) is 0 Å². The van der Waals surface area contributed by atoms with E-state index in [1.54, 1.807) is 0 Å². The Morgan fingerprint density at radius 3 is 1.00 bits per heavy atom. The Kier molecular flexibility index (Phi) is 7.55. The number of rotatable bonds is 8. The molecule has 0 N–H and O–H groups in total. The summed E-state index contributed by atoms with van der Waals surface area (Å²) in [5.41, 5.74) is 0. The molecule has 0 aliphatic heterocycles. The smallest absolute Gasteiger partial charge is 0.0486 e. The molecule has 0 aliphatic rings. The molecule has 0 unspecified atom stereocenters. The predicted octanol–water partition coefficient (Wildman–Crippen LogP) is 7.37. The van der Waals surface area contributed by atoms with Gasteiger partial charge < -0.3 is 0 Å². The van der Waals surface area contributed by atoms with E-state index in [0.29, 0.717) is 0 Å². The second-order valence-corrected chi connectivity index (χ2v) is 9.84. The molecule has 4 heteroatoms. The van der Waals surface area contributed by atoms with Crippen LogP contribution in [0.2, 0.25) is 0 Å². The molecule has 0 fully saturated rings. The minimum Gasteiger partial charge on any atom is -0.115 e. The largest absolute Gasteiger partial charge is 0.115 e. The van der Waals surface area contributed by atoms with Crippen molar-refractivity contribution in [3.05, 3.63) is 84.9 Å². The minimum absolute atomic E-state index is 1.04. The number of hydrogen-bond donors (Lipinski definition) is 0. The summed E-state index contributed by atoms with van der Waals surface area (Å²) in [6.45, 7) is 0. The van der Waals surface area contributed by atoms with E-state index in [4.69, 9.17) is 0 Å². The standard InChI is InChI=1S/C20H18S4/c1-3-7-17(8-4-1)21-15-23-19-11-13-20(14-12-19)24-16-22-18-9-5-2-6-10-18/h1-14H,15-16H2. The van der Waals surface area contributed by atoms with Crippen LogP contribution in [-0.2, 0) is 0 Å². The van der Waals surface area contributed by atoms with Crippen LogP contribution in [0.1, 0.15) is 0 Å². The fourth-order valence-electron chi connectivity index (χ4n) is 2.00. The van der Waals surface area contributed by atoms with Crippen molar-refractivity contribution >= 4 is 47.0 Å². The number of benzene rings is 3. The van der Waals surface area contributed by atoms with Gasteiger partial charge in [-0.2, -0.15) is 0 Å². The summed E-state index contributed by atoms with van der Waals surface area (Å²) in [6, 6.07) is 30.0. The second-order valence-electron chi connectivity index (χ2n) is 4.91. The van der Waals surface area contributed by atoms with Gasteiger partial charge in [-0.3, -0.25) is 0 Å². The second kappa shape index (κ2) is 10.1. The van der Waals surface area contributed by atoms with Gasteiger partial charge in [-0.05, 0) is 48.5 Å². The van der Waals surface area contributed by atoms with E-state index in [-0.39, 0.29) is 0 Å². The van der Waals surface area contributed by atoms with Crippen LogP contribution >= 0.6 is 47.0 Å². The van der Waals surface area contributed by atoms with E-state index in [1.807, 2.05) is 47.0 Å². The lowest BCUT2D eigenvalue weighted by molar-refractivity contribution is 1.36. The van der Waals surface area contributed by atoms with Gasteiger partial charge in [0.15, 0.2) is 0 Å². The Labute approximate surface area is 161 Å². The highest BCUT2D eigenvalue weighted by Gasteiger charge is 1.99. The van der Waals surface area contributed by atoms with Crippen molar-refractivity contribution in [3.63, 3.8) is 0 Å². The van der Waals surface area contributed by atoms with Gasteiger partial charge in [0.2, 0.25) is 0 Å². The molecule has 3 aromatic carbocycles. The van der Waals surface area contributed by atoms with Gasteiger partial charge in [-0.1, -0.05) is 36.4 Å². The predicted molar refractivity (Wildman–Crippen MR) is 112 cm³/mol. The van der Waals surface area contributed by atoms with E-state index in [2.05, 4.69) is 84.9 Å². The maximum Gasteiger partial charge on any atom is 0.0486 e. The summed E-state index contributed by atoms with van der Waals surface area (Å²) in [5, 5.41) is 2.08. The first-order valence-electron chi connectivity index (χ1n) is 7.61. The first-order chi connectivity index (χ1) is 11.9. The summed E-state index contributed by atoms with van der Waals surface area (Å²) in [7, 11) is 0. The highest BCUT2D eigenvalue weighted by Crippen LogP contribution is 2.31. The Balaban J connectivity index is 1.40. The van der Waals surface area contributed by atoms with E-state index >= 15 is 0 Å². The lowest BCUT2D eigenvalue weighted by atomic mass is 10.4. The van der Waals surface area contributed by atoms with Crippen LogP contribution < -0.4 is 0 Å². The molecular weight excluding hydrogens is 368 g/mol. The monoisotopic (exact) mass is 386 g/mol. The molecular formula is C20H18S4. The molecule has 24 heavy (non-hydrogen) atoms. The summed E-state index contributed by atoms with van der Waals surface area (Å²) in [6.07, 6.45) is 0. The summed E-state index contributed by atoms with van der Waals surface area (Å²) < 4.78 is 0. The van der Waals surface area contributed by atoms with Crippen LogP contribution in [-0.4, -0.2) is 10.2 Å². The zero-order valence-electron chi connectivity index (χ0n) is 13.1. The first kappa shape index (κ1) is 17.9. The number of thioether (sulfide) groups is 4. The quantitative estimate of drug-likeness (QED) is 0.292. The van der Waals surface area contributed by atoms with Gasteiger partial charge in [0.25, 0.3) is 0 Å². The van der Waals surface area contributed by atoms with Crippen LogP contribution in [0.4, 0.5) is 0 Å². The normalized spacial score (nSPS) is 10.7. The average Bonchev–Trinajstić information content (AvgIpc) is 2.65. The molecule has 3 rings (SSSR count). The van der Waals surface area contributed by atoms with Gasteiger partial charge in [-0.15, -0.1) is 47.0 Å². The third-order valence-corrected chi connectivity index (χ3v) is 7.52.